The van der Waals surface area contributed by atoms with Crippen molar-refractivity contribution < 1.29 is 5.11 Å². The Hall–Kier alpha value is -2.37. The first kappa shape index (κ1) is 22.3. The molecule has 162 valence electrons. The van der Waals surface area contributed by atoms with Crippen LogP contribution in [0.4, 0.5) is 0 Å². The fraction of sp³-hybridized carbons (Fsp3) is 0.480. The number of rotatable bonds is 8. The molecule has 5 nitrogen and oxygen atoms in total. The summed E-state index contributed by atoms with van der Waals surface area (Å²) in [6.07, 6.45) is 2.63. The van der Waals surface area contributed by atoms with Gasteiger partial charge in [-0.3, -0.25) is 9.89 Å². The monoisotopic (exact) mass is 408 g/mol. The molecule has 2 aromatic carbocycles. The predicted octanol–water partition coefficient (Wildman–Crippen LogP) is 3.36. The van der Waals surface area contributed by atoms with Crippen molar-refractivity contribution in [2.45, 2.75) is 38.8 Å². The molecule has 3 N–H and O–H groups in total. The molecule has 0 aromatic heterocycles. The van der Waals surface area contributed by atoms with E-state index in [1.165, 1.54) is 37.1 Å². The van der Waals surface area contributed by atoms with Crippen molar-refractivity contribution in [1.29, 1.82) is 0 Å². The maximum Gasteiger partial charge on any atom is 0.191 e. The van der Waals surface area contributed by atoms with Crippen LogP contribution in [0.5, 0.6) is 0 Å². The molecule has 1 fully saturated rings. The minimum absolute atomic E-state index is 0.0433. The molecule has 0 aliphatic carbocycles. The normalized spacial score (nSPS) is 17.0. The lowest BCUT2D eigenvalue weighted by Crippen LogP contribution is -2.39. The van der Waals surface area contributed by atoms with Crippen LogP contribution in [-0.4, -0.2) is 49.3 Å². The third-order valence-corrected chi connectivity index (χ3v) is 6.00. The third kappa shape index (κ3) is 6.85. The highest BCUT2D eigenvalue weighted by Gasteiger charge is 2.15. The maximum atomic E-state index is 9.73. The molecule has 0 spiro atoms. The summed E-state index contributed by atoms with van der Waals surface area (Å²) in [6.45, 7) is 7.28. The third-order valence-electron chi connectivity index (χ3n) is 6.00. The first-order chi connectivity index (χ1) is 14.7. The molecule has 1 unspecified atom stereocenters. The topological polar surface area (TPSA) is 59.9 Å². The zero-order chi connectivity index (χ0) is 21.2. The summed E-state index contributed by atoms with van der Waals surface area (Å²) < 4.78 is 0. The van der Waals surface area contributed by atoms with Gasteiger partial charge in [-0.2, -0.15) is 0 Å². The minimum atomic E-state index is 0.0433. The molecule has 1 atom stereocenters. The highest BCUT2D eigenvalue weighted by atomic mass is 16.3. The second kappa shape index (κ2) is 11.7. The van der Waals surface area contributed by atoms with Crippen molar-refractivity contribution in [2.75, 3.05) is 33.3 Å². The number of hydrogen-bond donors (Lipinski definition) is 3. The SMILES string of the molecule is CN=C(NCc1ccc(CN2CCC(C)CC2)cc1)NCC(CO)c1ccccc1. The van der Waals surface area contributed by atoms with Gasteiger partial charge >= 0.3 is 0 Å². The van der Waals surface area contributed by atoms with Crippen molar-refractivity contribution in [3.8, 4) is 0 Å². The lowest BCUT2D eigenvalue weighted by molar-refractivity contribution is 0.185. The number of hydrogen-bond acceptors (Lipinski definition) is 3. The van der Waals surface area contributed by atoms with E-state index in [1.54, 1.807) is 7.05 Å². The minimum Gasteiger partial charge on any atom is -0.396 e. The summed E-state index contributed by atoms with van der Waals surface area (Å²) >= 11 is 0. The van der Waals surface area contributed by atoms with E-state index in [9.17, 15) is 5.11 Å². The molecule has 3 rings (SSSR count). The van der Waals surface area contributed by atoms with E-state index in [0.717, 1.165) is 30.5 Å². The molecule has 0 amide bonds. The highest BCUT2D eigenvalue weighted by Crippen LogP contribution is 2.18. The number of aliphatic imine (C=N–C) groups is 1. The van der Waals surface area contributed by atoms with Crippen LogP contribution < -0.4 is 10.6 Å². The number of nitrogens with zero attached hydrogens (tertiary/aromatic N) is 2. The molecule has 2 aromatic rings. The quantitative estimate of drug-likeness (QED) is 0.463. The van der Waals surface area contributed by atoms with Crippen molar-refractivity contribution in [1.82, 2.24) is 15.5 Å². The van der Waals surface area contributed by atoms with Gasteiger partial charge in [0, 0.05) is 32.6 Å². The Morgan fingerprint density at radius 1 is 1.03 bits per heavy atom. The predicted molar refractivity (Wildman–Crippen MR) is 125 cm³/mol. The highest BCUT2D eigenvalue weighted by molar-refractivity contribution is 5.79. The fourth-order valence-electron chi connectivity index (χ4n) is 3.88. The summed E-state index contributed by atoms with van der Waals surface area (Å²) in [4.78, 5) is 6.87. The second-order valence-corrected chi connectivity index (χ2v) is 8.37. The van der Waals surface area contributed by atoms with Crippen LogP contribution in [0.2, 0.25) is 0 Å². The van der Waals surface area contributed by atoms with Crippen molar-refractivity contribution in [3.63, 3.8) is 0 Å². The second-order valence-electron chi connectivity index (χ2n) is 8.37. The number of nitrogens with one attached hydrogen (secondary N) is 2. The van der Waals surface area contributed by atoms with Crippen LogP contribution in [-0.2, 0) is 13.1 Å². The summed E-state index contributed by atoms with van der Waals surface area (Å²) in [6, 6.07) is 19.0. The van der Waals surface area contributed by atoms with Gasteiger partial charge in [-0.15, -0.1) is 0 Å². The summed E-state index contributed by atoms with van der Waals surface area (Å²) in [5, 5.41) is 16.4. The molecule has 1 aliphatic heterocycles. The van der Waals surface area contributed by atoms with E-state index in [0.29, 0.717) is 6.54 Å². The fourth-order valence-corrected chi connectivity index (χ4v) is 3.88. The lowest BCUT2D eigenvalue weighted by Gasteiger charge is -2.30. The first-order valence-corrected chi connectivity index (χ1v) is 11.1. The Balaban J connectivity index is 1.44. The van der Waals surface area contributed by atoms with Crippen LogP contribution in [0.15, 0.2) is 59.6 Å². The molecular formula is C25H36N4O. The van der Waals surface area contributed by atoms with Gasteiger partial charge in [-0.1, -0.05) is 61.5 Å². The molecule has 1 heterocycles. The molecule has 30 heavy (non-hydrogen) atoms. The van der Waals surface area contributed by atoms with E-state index >= 15 is 0 Å². The number of aliphatic hydroxyl groups is 1. The van der Waals surface area contributed by atoms with Crippen molar-refractivity contribution in [3.05, 3.63) is 71.3 Å². The standard InChI is InChI=1S/C25H36N4O/c1-20-12-14-29(15-13-20)18-22-10-8-21(9-11-22)16-27-25(26-2)28-17-24(19-30)23-6-4-3-5-7-23/h3-11,20,24,30H,12-19H2,1-2H3,(H2,26,27,28). The Bertz CT molecular complexity index is 767. The van der Waals surface area contributed by atoms with Crippen LogP contribution in [0.3, 0.4) is 0 Å². The zero-order valence-electron chi connectivity index (χ0n) is 18.3. The van der Waals surface area contributed by atoms with Gasteiger partial charge in [-0.25, -0.2) is 0 Å². The molecule has 5 heteroatoms. The van der Waals surface area contributed by atoms with Crippen LogP contribution in [0, 0.1) is 5.92 Å². The van der Waals surface area contributed by atoms with Gasteiger partial charge in [0.1, 0.15) is 0 Å². The number of guanidine groups is 1. The zero-order valence-corrected chi connectivity index (χ0v) is 18.3. The van der Waals surface area contributed by atoms with Gasteiger partial charge in [0.05, 0.1) is 6.61 Å². The molecule has 0 bridgehead atoms. The van der Waals surface area contributed by atoms with Gasteiger partial charge in [0.2, 0.25) is 0 Å². The Morgan fingerprint density at radius 3 is 2.33 bits per heavy atom. The summed E-state index contributed by atoms with van der Waals surface area (Å²) in [5.74, 6) is 1.66. The first-order valence-electron chi connectivity index (χ1n) is 11.1. The number of benzene rings is 2. The lowest BCUT2D eigenvalue weighted by atomic mass is 9.99. The molecular weight excluding hydrogens is 372 g/mol. The van der Waals surface area contributed by atoms with Crippen molar-refractivity contribution in [2.24, 2.45) is 10.9 Å². The van der Waals surface area contributed by atoms with E-state index < -0.39 is 0 Å². The van der Waals surface area contributed by atoms with E-state index in [2.05, 4.69) is 51.7 Å². The molecule has 0 radical (unpaired) electrons. The number of likely N-dealkylation sites (tertiary alicyclic amines) is 1. The Kier molecular flexibility index (Phi) is 8.72. The largest absolute Gasteiger partial charge is 0.396 e. The van der Waals surface area contributed by atoms with Gasteiger partial charge in [0.25, 0.3) is 0 Å². The average Bonchev–Trinajstić information content (AvgIpc) is 2.79. The Labute approximate surface area is 181 Å². The smallest absolute Gasteiger partial charge is 0.191 e. The maximum absolute atomic E-state index is 9.73. The molecule has 1 saturated heterocycles. The molecule has 0 saturated carbocycles. The van der Waals surface area contributed by atoms with Crippen molar-refractivity contribution >= 4 is 5.96 Å². The van der Waals surface area contributed by atoms with Gasteiger partial charge < -0.3 is 15.7 Å². The number of piperidine rings is 1. The van der Waals surface area contributed by atoms with Crippen LogP contribution in [0.25, 0.3) is 0 Å². The average molecular weight is 409 g/mol. The Morgan fingerprint density at radius 2 is 1.70 bits per heavy atom. The van der Waals surface area contributed by atoms with E-state index in [1.807, 2.05) is 30.3 Å². The molecule has 1 aliphatic rings. The van der Waals surface area contributed by atoms with E-state index in [-0.39, 0.29) is 12.5 Å². The van der Waals surface area contributed by atoms with Gasteiger partial charge in [-0.05, 0) is 48.5 Å². The van der Waals surface area contributed by atoms with Gasteiger partial charge in [0.15, 0.2) is 5.96 Å². The number of aliphatic hydroxyl groups excluding tert-OH is 1. The summed E-state index contributed by atoms with van der Waals surface area (Å²) in [7, 11) is 1.77. The van der Waals surface area contributed by atoms with Crippen LogP contribution >= 0.6 is 0 Å². The van der Waals surface area contributed by atoms with Crippen LogP contribution in [0.1, 0.15) is 42.4 Å². The summed E-state index contributed by atoms with van der Waals surface area (Å²) in [5.41, 5.74) is 3.74. The van der Waals surface area contributed by atoms with E-state index in [4.69, 9.17) is 0 Å².